The van der Waals surface area contributed by atoms with Crippen LogP contribution in [0, 0.1) is 0 Å². The molecule has 1 unspecified atom stereocenters. The first kappa shape index (κ1) is 26.0. The predicted octanol–water partition coefficient (Wildman–Crippen LogP) is 5.39. The third kappa shape index (κ3) is 2.81. The molecule has 7 heterocycles. The third-order valence-corrected chi connectivity index (χ3v) is 12.6. The van der Waals surface area contributed by atoms with Crippen LogP contribution >= 0.6 is 34.0 Å². The summed E-state index contributed by atoms with van der Waals surface area (Å²) in [5.74, 6) is -11.3. The molecule has 3 aromatic rings. The van der Waals surface area contributed by atoms with Crippen LogP contribution in [0.3, 0.4) is 0 Å². The SMILES string of the molecule is CC1(F)C2(OCCO2)c2cc(-c3ccc(-c4cc5c(s4)C4(OCCO4)C(F)(F)C54OCCO4)s3)sc2C12OCCO2. The van der Waals surface area contributed by atoms with Gasteiger partial charge in [-0.15, -0.1) is 34.0 Å². The molecule has 2 aliphatic carbocycles. The second-order valence-electron chi connectivity index (χ2n) is 10.7. The highest BCUT2D eigenvalue weighted by molar-refractivity contribution is 7.26. The molecule has 3 aromatic heterocycles. The van der Waals surface area contributed by atoms with Crippen molar-refractivity contribution >= 4 is 34.0 Å². The molecule has 0 saturated carbocycles. The first-order chi connectivity index (χ1) is 19.7. The van der Waals surface area contributed by atoms with Gasteiger partial charge in [-0.3, -0.25) is 0 Å². The molecule has 4 saturated heterocycles. The van der Waals surface area contributed by atoms with Gasteiger partial charge in [-0.25, -0.2) is 4.39 Å². The summed E-state index contributed by atoms with van der Waals surface area (Å²) in [5.41, 5.74) is -1.28. The molecule has 6 aliphatic rings. The van der Waals surface area contributed by atoms with Gasteiger partial charge in [0.2, 0.25) is 17.2 Å². The number of halogens is 3. The van der Waals surface area contributed by atoms with E-state index in [9.17, 15) is 0 Å². The summed E-state index contributed by atoms with van der Waals surface area (Å²) in [4.78, 5) is 4.26. The second kappa shape index (κ2) is 8.18. The van der Waals surface area contributed by atoms with Gasteiger partial charge in [0, 0.05) is 30.6 Å². The maximum atomic E-state index is 16.5. The highest BCUT2D eigenvalue weighted by atomic mass is 32.1. The summed E-state index contributed by atoms with van der Waals surface area (Å²) in [6.45, 7) is 2.64. The van der Waals surface area contributed by atoms with Crippen LogP contribution in [0.25, 0.3) is 19.5 Å². The Labute approximate surface area is 243 Å². The van der Waals surface area contributed by atoms with Gasteiger partial charge in [-0.1, -0.05) is 0 Å². The first-order valence-electron chi connectivity index (χ1n) is 13.3. The predicted molar refractivity (Wildman–Crippen MR) is 140 cm³/mol. The van der Waals surface area contributed by atoms with E-state index in [1.54, 1.807) is 6.07 Å². The molecular formula is C27H23F3O8S3. The zero-order valence-corrected chi connectivity index (χ0v) is 24.0. The minimum absolute atomic E-state index is 0.0459. The molecule has 0 aromatic carbocycles. The van der Waals surface area contributed by atoms with Crippen molar-refractivity contribution < 1.29 is 51.1 Å². The van der Waals surface area contributed by atoms with Gasteiger partial charge in [-0.05, 0) is 31.2 Å². The summed E-state index contributed by atoms with van der Waals surface area (Å²) >= 11 is 4.06. The highest BCUT2D eigenvalue weighted by Crippen LogP contribution is 2.68. The average Bonchev–Trinajstić information content (AvgIpc) is 3.83. The van der Waals surface area contributed by atoms with Crippen LogP contribution in [0.5, 0.6) is 0 Å². The smallest absolute Gasteiger partial charge is 0.341 e. The van der Waals surface area contributed by atoms with Crippen molar-refractivity contribution in [2.24, 2.45) is 0 Å². The van der Waals surface area contributed by atoms with E-state index in [-0.39, 0.29) is 63.3 Å². The Morgan fingerprint density at radius 1 is 0.512 bits per heavy atom. The van der Waals surface area contributed by atoms with Crippen molar-refractivity contribution in [1.82, 2.24) is 0 Å². The van der Waals surface area contributed by atoms with E-state index < -0.39 is 34.7 Å². The summed E-state index contributed by atoms with van der Waals surface area (Å²) in [7, 11) is 0. The van der Waals surface area contributed by atoms with Gasteiger partial charge in [0.25, 0.3) is 11.6 Å². The molecular weight excluding hydrogens is 605 g/mol. The van der Waals surface area contributed by atoms with Crippen LogP contribution in [0.4, 0.5) is 13.2 Å². The summed E-state index contributed by atoms with van der Waals surface area (Å²) < 4.78 is 94.5. The fourth-order valence-electron chi connectivity index (χ4n) is 6.94. The standard InChI is InChI=1S/C27H23F3O8S3/c1-22(28)23(31-4-5-32-23)14-12-18(40-20(14)25(22)35-8-9-36-25)16-2-3-17(39-16)19-13-15-21(41-19)26(37-10-11-38-26)27(29,30)24(15)33-6-7-34-24/h2-3,12-13H,4-11H2,1H3. The van der Waals surface area contributed by atoms with Crippen molar-refractivity contribution in [3.05, 3.63) is 45.1 Å². The molecule has 4 fully saturated rings. The lowest BCUT2D eigenvalue weighted by molar-refractivity contribution is -0.387. The molecule has 8 nitrogen and oxygen atoms in total. The van der Waals surface area contributed by atoms with Crippen LogP contribution < -0.4 is 0 Å². The number of ether oxygens (including phenoxy) is 8. The Morgan fingerprint density at radius 2 is 0.902 bits per heavy atom. The van der Waals surface area contributed by atoms with E-state index in [1.165, 1.54) is 40.9 Å². The molecule has 41 heavy (non-hydrogen) atoms. The van der Waals surface area contributed by atoms with Crippen molar-refractivity contribution in [2.75, 3.05) is 52.9 Å². The zero-order chi connectivity index (χ0) is 27.9. The van der Waals surface area contributed by atoms with E-state index in [4.69, 9.17) is 37.9 Å². The number of fused-ring (bicyclic) bond motifs is 6. The molecule has 1 atom stereocenters. The number of hydrogen-bond acceptors (Lipinski definition) is 11. The molecule has 218 valence electrons. The van der Waals surface area contributed by atoms with Gasteiger partial charge < -0.3 is 37.9 Å². The van der Waals surface area contributed by atoms with Crippen LogP contribution in [0.15, 0.2) is 24.3 Å². The van der Waals surface area contributed by atoms with E-state index in [2.05, 4.69) is 0 Å². The number of alkyl halides is 3. The van der Waals surface area contributed by atoms with Crippen molar-refractivity contribution in [3.63, 3.8) is 0 Å². The Kier molecular flexibility index (Phi) is 5.19. The van der Waals surface area contributed by atoms with Crippen molar-refractivity contribution in [1.29, 1.82) is 0 Å². The second-order valence-corrected chi connectivity index (χ2v) is 13.9. The Balaban J connectivity index is 1.13. The van der Waals surface area contributed by atoms with Crippen LogP contribution in [0.2, 0.25) is 0 Å². The zero-order valence-electron chi connectivity index (χ0n) is 21.6. The summed E-state index contributed by atoms with van der Waals surface area (Å²) in [6.07, 6.45) is 0. The van der Waals surface area contributed by atoms with Gasteiger partial charge in [0.05, 0.1) is 62.6 Å². The van der Waals surface area contributed by atoms with E-state index in [0.717, 1.165) is 19.5 Å². The van der Waals surface area contributed by atoms with Crippen LogP contribution in [0.1, 0.15) is 27.8 Å². The van der Waals surface area contributed by atoms with Gasteiger partial charge in [-0.2, -0.15) is 8.78 Å². The molecule has 0 bridgehead atoms. The highest BCUT2D eigenvalue weighted by Gasteiger charge is 2.81. The fourth-order valence-corrected chi connectivity index (χ4v) is 10.8. The largest absolute Gasteiger partial charge is 0.363 e. The summed E-state index contributed by atoms with van der Waals surface area (Å²) in [5, 5.41) is 0. The van der Waals surface area contributed by atoms with Crippen molar-refractivity contribution in [3.8, 4) is 19.5 Å². The molecule has 0 N–H and O–H groups in total. The molecule has 14 heteroatoms. The molecule has 0 amide bonds. The maximum Gasteiger partial charge on any atom is 0.363 e. The van der Waals surface area contributed by atoms with Gasteiger partial charge in [0.15, 0.2) is 0 Å². The lowest BCUT2D eigenvalue weighted by atomic mass is 9.93. The van der Waals surface area contributed by atoms with E-state index in [0.29, 0.717) is 10.4 Å². The van der Waals surface area contributed by atoms with E-state index >= 15 is 13.2 Å². The Bertz CT molecular complexity index is 1350. The third-order valence-electron chi connectivity index (χ3n) is 8.70. The Morgan fingerprint density at radius 3 is 1.41 bits per heavy atom. The summed E-state index contributed by atoms with van der Waals surface area (Å²) in [6, 6.07) is 7.48. The van der Waals surface area contributed by atoms with E-state index in [1.807, 2.05) is 18.2 Å². The minimum Gasteiger partial charge on any atom is -0.341 e. The monoisotopic (exact) mass is 628 g/mol. The normalized spacial score (nSPS) is 30.9. The van der Waals surface area contributed by atoms with Crippen LogP contribution in [-0.2, 0) is 61.0 Å². The number of hydrogen-bond donors (Lipinski definition) is 0. The number of rotatable bonds is 2. The average molecular weight is 629 g/mol. The molecule has 0 radical (unpaired) electrons. The molecule has 4 aliphatic heterocycles. The van der Waals surface area contributed by atoms with Gasteiger partial charge >= 0.3 is 5.92 Å². The quantitative estimate of drug-likeness (QED) is 0.374. The van der Waals surface area contributed by atoms with Crippen molar-refractivity contribution in [2.45, 2.75) is 41.7 Å². The van der Waals surface area contributed by atoms with Crippen LogP contribution in [-0.4, -0.2) is 64.4 Å². The first-order valence-corrected chi connectivity index (χ1v) is 15.7. The van der Waals surface area contributed by atoms with Gasteiger partial charge in [0.1, 0.15) is 0 Å². The molecule has 9 rings (SSSR count). The molecule has 4 spiro atoms. The minimum atomic E-state index is -3.56. The maximum absolute atomic E-state index is 16.5. The topological polar surface area (TPSA) is 73.8 Å². The lowest BCUT2D eigenvalue weighted by Crippen LogP contribution is -2.55. The number of thiophene rings is 3. The fraction of sp³-hybridized carbons (Fsp3) is 0.556. The Hall–Kier alpha value is -1.43. The lowest BCUT2D eigenvalue weighted by Gasteiger charge is -2.39.